The smallest absolute Gasteiger partial charge is 0.240 e. The molecule has 6 nitrogen and oxygen atoms in total. The van der Waals surface area contributed by atoms with Crippen LogP contribution in [0.1, 0.15) is 45.4 Å². The monoisotopic (exact) mass is 393 g/mol. The molecule has 0 spiro atoms. The highest BCUT2D eigenvalue weighted by Crippen LogP contribution is 2.23. The predicted molar refractivity (Wildman–Crippen MR) is 106 cm³/mol. The highest BCUT2D eigenvalue weighted by molar-refractivity contribution is 7.89. The number of piperidine rings is 1. The Balaban J connectivity index is 1.43. The minimum absolute atomic E-state index is 0.0760. The van der Waals surface area contributed by atoms with Gasteiger partial charge in [-0.3, -0.25) is 9.69 Å². The lowest BCUT2D eigenvalue weighted by Gasteiger charge is -2.33. The molecule has 27 heavy (non-hydrogen) atoms. The van der Waals surface area contributed by atoms with Crippen molar-refractivity contribution < 1.29 is 13.2 Å². The van der Waals surface area contributed by atoms with E-state index in [1.807, 2.05) is 0 Å². The molecule has 1 saturated carbocycles. The summed E-state index contributed by atoms with van der Waals surface area (Å²) in [6.07, 6.45) is 6.18. The van der Waals surface area contributed by atoms with Gasteiger partial charge in [0.25, 0.3) is 0 Å². The van der Waals surface area contributed by atoms with Crippen LogP contribution < -0.4 is 10.0 Å². The molecule has 1 aliphatic carbocycles. The lowest BCUT2D eigenvalue weighted by Crippen LogP contribution is -2.49. The fourth-order valence-corrected chi connectivity index (χ4v) is 5.41. The molecule has 2 aliphatic rings. The molecule has 2 N–H and O–H groups in total. The number of benzene rings is 1. The van der Waals surface area contributed by atoms with Gasteiger partial charge >= 0.3 is 0 Å². The van der Waals surface area contributed by atoms with E-state index in [1.54, 1.807) is 30.3 Å². The standard InChI is InChI=1S/C20H31N3O3S/c1-16-7-5-6-10-19(16)21-20(24)15-23-13-11-17(12-14-23)22-27(25,26)18-8-3-2-4-9-18/h2-4,8-9,16-17,19,22H,5-7,10-15H2,1H3,(H,21,24)/t16-,19+/m0/s1. The fourth-order valence-electron chi connectivity index (χ4n) is 4.08. The van der Waals surface area contributed by atoms with E-state index in [0.29, 0.717) is 23.4 Å². The van der Waals surface area contributed by atoms with Crippen molar-refractivity contribution in [1.82, 2.24) is 14.9 Å². The number of carbonyl (C=O) groups is 1. The minimum atomic E-state index is -3.47. The molecular formula is C20H31N3O3S. The number of likely N-dealkylation sites (tertiary alicyclic amines) is 1. The summed E-state index contributed by atoms with van der Waals surface area (Å²) in [5, 5.41) is 3.19. The van der Waals surface area contributed by atoms with Gasteiger partial charge in [-0.2, -0.15) is 0 Å². The van der Waals surface area contributed by atoms with Crippen molar-refractivity contribution in [2.75, 3.05) is 19.6 Å². The third kappa shape index (κ3) is 5.77. The van der Waals surface area contributed by atoms with Gasteiger partial charge in [0.2, 0.25) is 15.9 Å². The van der Waals surface area contributed by atoms with E-state index < -0.39 is 10.0 Å². The summed E-state index contributed by atoms with van der Waals surface area (Å²) in [7, 11) is -3.47. The number of nitrogens with zero attached hydrogens (tertiary/aromatic N) is 1. The molecule has 1 heterocycles. The predicted octanol–water partition coefficient (Wildman–Crippen LogP) is 2.12. The second-order valence-electron chi connectivity index (χ2n) is 7.92. The van der Waals surface area contributed by atoms with Crippen LogP contribution in [-0.4, -0.2) is 50.9 Å². The lowest BCUT2D eigenvalue weighted by molar-refractivity contribution is -0.123. The van der Waals surface area contributed by atoms with Crippen molar-refractivity contribution in [3.8, 4) is 0 Å². The normalized spacial score (nSPS) is 25.2. The molecule has 1 aromatic rings. The van der Waals surface area contributed by atoms with Gasteiger partial charge in [0.05, 0.1) is 11.4 Å². The molecule has 2 atom stereocenters. The van der Waals surface area contributed by atoms with E-state index in [1.165, 1.54) is 19.3 Å². The van der Waals surface area contributed by atoms with Gasteiger partial charge in [-0.25, -0.2) is 13.1 Å². The van der Waals surface area contributed by atoms with Crippen molar-refractivity contribution in [2.24, 2.45) is 5.92 Å². The van der Waals surface area contributed by atoms with Gasteiger partial charge in [0.1, 0.15) is 0 Å². The molecule has 3 rings (SSSR count). The van der Waals surface area contributed by atoms with Crippen LogP contribution in [0.5, 0.6) is 0 Å². The first-order valence-corrected chi connectivity index (χ1v) is 11.5. The van der Waals surface area contributed by atoms with Crippen molar-refractivity contribution in [3.05, 3.63) is 30.3 Å². The van der Waals surface area contributed by atoms with Gasteiger partial charge < -0.3 is 5.32 Å². The third-order valence-corrected chi connectivity index (χ3v) is 7.32. The van der Waals surface area contributed by atoms with E-state index in [0.717, 1.165) is 32.4 Å². The Morgan fingerprint density at radius 2 is 1.74 bits per heavy atom. The molecular weight excluding hydrogens is 362 g/mol. The SMILES string of the molecule is C[C@H]1CCCC[C@H]1NC(=O)CN1CCC(NS(=O)(=O)c2ccccc2)CC1. The van der Waals surface area contributed by atoms with E-state index in [9.17, 15) is 13.2 Å². The van der Waals surface area contributed by atoms with E-state index in [-0.39, 0.29) is 11.9 Å². The summed E-state index contributed by atoms with van der Waals surface area (Å²) in [5.41, 5.74) is 0. The quantitative estimate of drug-likeness (QED) is 0.776. The van der Waals surface area contributed by atoms with Crippen LogP contribution in [0.2, 0.25) is 0 Å². The van der Waals surface area contributed by atoms with Crippen molar-refractivity contribution in [2.45, 2.75) is 62.4 Å². The largest absolute Gasteiger partial charge is 0.352 e. The molecule has 0 unspecified atom stereocenters. The third-order valence-electron chi connectivity index (χ3n) is 5.79. The van der Waals surface area contributed by atoms with E-state index in [4.69, 9.17) is 0 Å². The number of hydrogen-bond donors (Lipinski definition) is 2. The maximum absolute atomic E-state index is 12.4. The Morgan fingerprint density at radius 1 is 1.07 bits per heavy atom. The molecule has 2 fully saturated rings. The lowest BCUT2D eigenvalue weighted by atomic mass is 9.86. The molecule has 0 aromatic heterocycles. The molecule has 0 radical (unpaired) electrons. The van der Waals surface area contributed by atoms with Crippen LogP contribution in [0.25, 0.3) is 0 Å². The summed E-state index contributed by atoms with van der Waals surface area (Å²) in [4.78, 5) is 14.8. The maximum Gasteiger partial charge on any atom is 0.240 e. The van der Waals surface area contributed by atoms with Gasteiger partial charge in [-0.15, -0.1) is 0 Å². The molecule has 1 amide bonds. The molecule has 7 heteroatoms. The zero-order valence-electron chi connectivity index (χ0n) is 16.1. The van der Waals surface area contributed by atoms with Crippen LogP contribution in [0, 0.1) is 5.92 Å². The van der Waals surface area contributed by atoms with Crippen molar-refractivity contribution in [1.29, 1.82) is 0 Å². The van der Waals surface area contributed by atoms with Crippen molar-refractivity contribution >= 4 is 15.9 Å². The summed E-state index contributed by atoms with van der Waals surface area (Å²) >= 11 is 0. The Hall–Kier alpha value is -1.44. The molecule has 1 aliphatic heterocycles. The number of sulfonamides is 1. The second kappa shape index (κ2) is 9.17. The summed E-state index contributed by atoms with van der Waals surface area (Å²) in [5.74, 6) is 0.651. The summed E-state index contributed by atoms with van der Waals surface area (Å²) in [6, 6.07) is 8.69. The van der Waals surface area contributed by atoms with Crippen LogP contribution in [0.3, 0.4) is 0 Å². The average molecular weight is 394 g/mol. The highest BCUT2D eigenvalue weighted by atomic mass is 32.2. The number of carbonyl (C=O) groups excluding carboxylic acids is 1. The Bertz CT molecular complexity index is 715. The first-order valence-electron chi connectivity index (χ1n) is 10.0. The van der Waals surface area contributed by atoms with Gasteiger partial charge in [-0.1, -0.05) is 38.0 Å². The molecule has 1 saturated heterocycles. The first-order chi connectivity index (χ1) is 12.9. The second-order valence-corrected chi connectivity index (χ2v) is 9.63. The maximum atomic E-state index is 12.4. The number of nitrogens with one attached hydrogen (secondary N) is 2. The summed E-state index contributed by atoms with van der Waals surface area (Å²) < 4.78 is 27.6. The number of hydrogen-bond acceptors (Lipinski definition) is 4. The van der Waals surface area contributed by atoms with Crippen LogP contribution in [-0.2, 0) is 14.8 Å². The minimum Gasteiger partial charge on any atom is -0.352 e. The Labute approximate surface area is 162 Å². The van der Waals surface area contributed by atoms with Crippen LogP contribution >= 0.6 is 0 Å². The van der Waals surface area contributed by atoms with Gasteiger partial charge in [0, 0.05) is 25.2 Å². The van der Waals surface area contributed by atoms with Crippen LogP contribution in [0.4, 0.5) is 0 Å². The number of rotatable bonds is 6. The summed E-state index contributed by atoms with van der Waals surface area (Å²) in [6.45, 7) is 4.08. The van der Waals surface area contributed by atoms with Crippen molar-refractivity contribution in [3.63, 3.8) is 0 Å². The van der Waals surface area contributed by atoms with Crippen LogP contribution in [0.15, 0.2) is 35.2 Å². The highest BCUT2D eigenvalue weighted by Gasteiger charge is 2.27. The van der Waals surface area contributed by atoms with Gasteiger partial charge in [-0.05, 0) is 43.7 Å². The molecule has 0 bridgehead atoms. The van der Waals surface area contributed by atoms with E-state index >= 15 is 0 Å². The molecule has 1 aromatic carbocycles. The number of amides is 1. The van der Waals surface area contributed by atoms with E-state index in [2.05, 4.69) is 21.9 Å². The zero-order valence-corrected chi connectivity index (χ0v) is 16.9. The Kier molecular flexibility index (Phi) is 6.89. The average Bonchev–Trinajstić information content (AvgIpc) is 2.66. The Morgan fingerprint density at radius 3 is 2.41 bits per heavy atom. The molecule has 150 valence electrons. The topological polar surface area (TPSA) is 78.5 Å². The first kappa shape index (κ1) is 20.3. The van der Waals surface area contributed by atoms with Gasteiger partial charge in [0.15, 0.2) is 0 Å². The fraction of sp³-hybridized carbons (Fsp3) is 0.650. The zero-order chi connectivity index (χ0) is 19.3.